The van der Waals surface area contributed by atoms with Gasteiger partial charge >= 0.3 is 0 Å². The van der Waals surface area contributed by atoms with E-state index in [0.29, 0.717) is 6.04 Å². The van der Waals surface area contributed by atoms with Crippen LogP contribution in [0.1, 0.15) is 30.7 Å². The molecule has 0 spiro atoms. The van der Waals surface area contributed by atoms with E-state index in [0.717, 1.165) is 31.9 Å². The molecule has 112 valence electrons. The molecule has 2 N–H and O–H groups in total. The summed E-state index contributed by atoms with van der Waals surface area (Å²) < 4.78 is 0. The second-order valence-electron chi connectivity index (χ2n) is 5.64. The summed E-state index contributed by atoms with van der Waals surface area (Å²) in [6, 6.07) is 8.80. The molecule has 0 bridgehead atoms. The predicted octanol–water partition coefficient (Wildman–Crippen LogP) is 1.95. The van der Waals surface area contributed by atoms with Crippen LogP contribution in [-0.4, -0.2) is 39.2 Å². The lowest BCUT2D eigenvalue weighted by atomic mass is 10.1. The van der Waals surface area contributed by atoms with E-state index < -0.39 is 0 Å². The highest BCUT2D eigenvalue weighted by Crippen LogP contribution is 2.18. The van der Waals surface area contributed by atoms with Crippen LogP contribution in [0.2, 0.25) is 0 Å². The van der Waals surface area contributed by atoms with Crippen LogP contribution in [0, 0.1) is 0 Å². The molecule has 1 aliphatic rings. The summed E-state index contributed by atoms with van der Waals surface area (Å²) in [5, 5.41) is 10.6. The quantitative estimate of drug-likeness (QED) is 0.881. The van der Waals surface area contributed by atoms with Crippen molar-refractivity contribution in [2.75, 3.05) is 13.1 Å². The lowest BCUT2D eigenvalue weighted by Gasteiger charge is -2.30. The first-order valence-corrected chi connectivity index (χ1v) is 7.75. The number of rotatable bonds is 5. The van der Waals surface area contributed by atoms with Crippen LogP contribution in [0.25, 0.3) is 0 Å². The van der Waals surface area contributed by atoms with Gasteiger partial charge in [0.2, 0.25) is 0 Å². The summed E-state index contributed by atoms with van der Waals surface area (Å²) in [5.74, 6) is 0. The van der Waals surface area contributed by atoms with Gasteiger partial charge in [-0.05, 0) is 50.6 Å². The first-order valence-electron chi connectivity index (χ1n) is 7.75. The van der Waals surface area contributed by atoms with Crippen molar-refractivity contribution in [3.63, 3.8) is 0 Å². The van der Waals surface area contributed by atoms with Crippen molar-refractivity contribution < 1.29 is 0 Å². The number of hydrogen-bond acceptors (Lipinski definition) is 4. The van der Waals surface area contributed by atoms with Crippen LogP contribution in [-0.2, 0) is 13.1 Å². The third-order valence-electron chi connectivity index (χ3n) is 4.08. The van der Waals surface area contributed by atoms with Gasteiger partial charge in [0.25, 0.3) is 0 Å². The summed E-state index contributed by atoms with van der Waals surface area (Å²) in [4.78, 5) is 7.01. The molecule has 1 fully saturated rings. The minimum absolute atomic E-state index is 0.602. The largest absolute Gasteiger partial charge is 0.317 e. The summed E-state index contributed by atoms with van der Waals surface area (Å²) in [6.45, 7) is 4.04. The maximum Gasteiger partial charge on any atom is 0.0544 e. The van der Waals surface area contributed by atoms with E-state index in [4.69, 9.17) is 0 Å². The number of H-pyrrole nitrogens is 1. The number of nitrogens with zero attached hydrogens (tertiary/aromatic N) is 3. The normalized spacial score (nSPS) is 19.6. The molecular formula is C16H23N5. The topological polar surface area (TPSA) is 56.8 Å². The fraction of sp³-hybridized carbons (Fsp3) is 0.500. The second kappa shape index (κ2) is 7.33. The van der Waals surface area contributed by atoms with E-state index >= 15 is 0 Å². The molecule has 3 rings (SSSR count). The smallest absolute Gasteiger partial charge is 0.0544 e. The van der Waals surface area contributed by atoms with Gasteiger partial charge < -0.3 is 5.32 Å². The van der Waals surface area contributed by atoms with Gasteiger partial charge in [0.05, 0.1) is 5.69 Å². The number of pyridine rings is 1. The molecule has 0 unspecified atom stereocenters. The second-order valence-corrected chi connectivity index (χ2v) is 5.64. The third kappa shape index (κ3) is 4.12. The van der Waals surface area contributed by atoms with Crippen LogP contribution in [0.5, 0.6) is 0 Å². The fourth-order valence-corrected chi connectivity index (χ4v) is 2.97. The van der Waals surface area contributed by atoms with Crippen molar-refractivity contribution in [1.29, 1.82) is 0 Å². The molecule has 5 nitrogen and oxygen atoms in total. The zero-order valence-corrected chi connectivity index (χ0v) is 12.3. The average molecular weight is 285 g/mol. The average Bonchev–Trinajstić information content (AvgIpc) is 2.87. The summed E-state index contributed by atoms with van der Waals surface area (Å²) in [7, 11) is 0. The molecule has 1 saturated heterocycles. The molecule has 2 aromatic heterocycles. The molecule has 1 atom stereocenters. The third-order valence-corrected chi connectivity index (χ3v) is 4.08. The van der Waals surface area contributed by atoms with Gasteiger partial charge in [-0.15, -0.1) is 0 Å². The Morgan fingerprint density at radius 3 is 2.90 bits per heavy atom. The SMILES string of the molecule is c1ccc(CN(Cc2ccn[nH]2)[C@H]2CCCNCC2)nc1. The zero-order chi connectivity index (χ0) is 14.3. The maximum atomic E-state index is 4.48. The van der Waals surface area contributed by atoms with Crippen LogP contribution < -0.4 is 5.32 Å². The van der Waals surface area contributed by atoms with Crippen molar-refractivity contribution in [2.24, 2.45) is 0 Å². The van der Waals surface area contributed by atoms with Crippen molar-refractivity contribution in [2.45, 2.75) is 38.4 Å². The van der Waals surface area contributed by atoms with Crippen molar-refractivity contribution in [1.82, 2.24) is 25.4 Å². The zero-order valence-electron chi connectivity index (χ0n) is 12.3. The molecule has 0 saturated carbocycles. The molecule has 2 aromatic rings. The van der Waals surface area contributed by atoms with E-state index in [1.165, 1.54) is 25.0 Å². The highest BCUT2D eigenvalue weighted by atomic mass is 15.2. The molecular weight excluding hydrogens is 262 g/mol. The van der Waals surface area contributed by atoms with Crippen LogP contribution in [0.15, 0.2) is 36.7 Å². The Morgan fingerprint density at radius 2 is 2.10 bits per heavy atom. The first-order chi connectivity index (χ1) is 10.4. The van der Waals surface area contributed by atoms with E-state index in [-0.39, 0.29) is 0 Å². The molecule has 0 aliphatic carbocycles. The lowest BCUT2D eigenvalue weighted by molar-refractivity contribution is 0.160. The van der Waals surface area contributed by atoms with Gasteiger partial charge in [0.1, 0.15) is 0 Å². The number of hydrogen-bond donors (Lipinski definition) is 2. The first kappa shape index (κ1) is 14.2. The van der Waals surface area contributed by atoms with Crippen LogP contribution in [0.4, 0.5) is 0 Å². The van der Waals surface area contributed by atoms with E-state index in [1.54, 1.807) is 0 Å². The Kier molecular flexibility index (Phi) is 4.97. The molecule has 3 heterocycles. The molecule has 1 aliphatic heterocycles. The Labute approximate surface area is 125 Å². The van der Waals surface area contributed by atoms with Crippen LogP contribution >= 0.6 is 0 Å². The minimum atomic E-state index is 0.602. The monoisotopic (exact) mass is 285 g/mol. The molecule has 0 amide bonds. The van der Waals surface area contributed by atoms with Crippen molar-refractivity contribution in [3.8, 4) is 0 Å². The Bertz CT molecular complexity index is 503. The van der Waals surface area contributed by atoms with Gasteiger partial charge in [-0.1, -0.05) is 6.07 Å². The number of nitrogens with one attached hydrogen (secondary N) is 2. The highest BCUT2D eigenvalue weighted by molar-refractivity contribution is 5.05. The Balaban J connectivity index is 1.72. The summed E-state index contributed by atoms with van der Waals surface area (Å²) in [5.41, 5.74) is 2.30. The van der Waals surface area contributed by atoms with Gasteiger partial charge in [0.15, 0.2) is 0 Å². The standard InChI is InChI=1S/C16H23N5/c1-2-9-18-14(4-1)12-21(13-15-6-11-19-20-15)16-5-3-8-17-10-7-16/h1-2,4,6,9,11,16-17H,3,5,7-8,10,12-13H2,(H,19,20)/t16-/m0/s1. The van der Waals surface area contributed by atoms with Gasteiger partial charge in [-0.2, -0.15) is 5.10 Å². The number of aromatic nitrogens is 3. The van der Waals surface area contributed by atoms with E-state index in [9.17, 15) is 0 Å². The van der Waals surface area contributed by atoms with Gasteiger partial charge in [0, 0.05) is 37.2 Å². The van der Waals surface area contributed by atoms with Gasteiger partial charge in [-0.3, -0.25) is 15.0 Å². The molecule has 21 heavy (non-hydrogen) atoms. The highest BCUT2D eigenvalue weighted by Gasteiger charge is 2.21. The van der Waals surface area contributed by atoms with E-state index in [2.05, 4.69) is 43.6 Å². The van der Waals surface area contributed by atoms with Gasteiger partial charge in [-0.25, -0.2) is 0 Å². The Hall–Kier alpha value is -1.72. The molecule has 5 heteroatoms. The molecule has 0 aromatic carbocycles. The lowest BCUT2D eigenvalue weighted by Crippen LogP contribution is -2.35. The predicted molar refractivity (Wildman–Crippen MR) is 82.6 cm³/mol. The van der Waals surface area contributed by atoms with E-state index in [1.807, 2.05) is 18.5 Å². The number of aromatic amines is 1. The summed E-state index contributed by atoms with van der Waals surface area (Å²) in [6.07, 6.45) is 7.38. The Morgan fingerprint density at radius 1 is 1.10 bits per heavy atom. The van der Waals surface area contributed by atoms with Crippen molar-refractivity contribution in [3.05, 3.63) is 48.0 Å². The maximum absolute atomic E-state index is 4.48. The summed E-state index contributed by atoms with van der Waals surface area (Å²) >= 11 is 0. The fourth-order valence-electron chi connectivity index (χ4n) is 2.97. The molecule has 0 radical (unpaired) electrons. The minimum Gasteiger partial charge on any atom is -0.317 e. The van der Waals surface area contributed by atoms with Crippen molar-refractivity contribution >= 4 is 0 Å². The van der Waals surface area contributed by atoms with Crippen LogP contribution in [0.3, 0.4) is 0 Å².